The lowest BCUT2D eigenvalue weighted by molar-refractivity contribution is -0.384. The number of esters is 1. The summed E-state index contributed by atoms with van der Waals surface area (Å²) in [6.07, 6.45) is -1.05. The lowest BCUT2D eigenvalue weighted by Gasteiger charge is -2.21. The Hall–Kier alpha value is -2.93. The number of hydrogen-bond acceptors (Lipinski definition) is 5. The van der Waals surface area contributed by atoms with Gasteiger partial charge in [0.05, 0.1) is 15.5 Å². The van der Waals surface area contributed by atoms with Gasteiger partial charge in [-0.05, 0) is 25.1 Å². The van der Waals surface area contributed by atoms with E-state index in [-0.39, 0.29) is 16.3 Å². The molecule has 0 N–H and O–H groups in total. The summed E-state index contributed by atoms with van der Waals surface area (Å²) in [5.74, 6) is -1.25. The molecule has 0 aliphatic rings. The van der Waals surface area contributed by atoms with Crippen LogP contribution in [0.5, 0.6) is 0 Å². The summed E-state index contributed by atoms with van der Waals surface area (Å²) in [4.78, 5) is 36.0. The summed E-state index contributed by atoms with van der Waals surface area (Å²) in [5.41, 5.74) is 0.368. The van der Waals surface area contributed by atoms with E-state index in [1.165, 1.54) is 17.9 Å². The predicted molar refractivity (Wildman–Crippen MR) is 92.8 cm³/mol. The lowest BCUT2D eigenvalue weighted by Crippen LogP contribution is -2.37. The average Bonchev–Trinajstić information content (AvgIpc) is 2.60. The lowest BCUT2D eigenvalue weighted by atomic mass is 10.2. The van der Waals surface area contributed by atoms with Gasteiger partial charge in [0.2, 0.25) is 0 Å². The van der Waals surface area contributed by atoms with E-state index in [2.05, 4.69) is 0 Å². The molecule has 0 fully saturated rings. The molecule has 0 saturated carbocycles. The third-order valence-corrected chi connectivity index (χ3v) is 3.80. The van der Waals surface area contributed by atoms with Crippen LogP contribution in [0.4, 0.5) is 11.4 Å². The SMILES string of the molecule is C[C@@H](OC(=O)c1ccc([N+](=O)[O-])cc1Cl)C(=O)N(C)c1ccccc1. The number of non-ortho nitro benzene ring substituents is 1. The van der Waals surface area contributed by atoms with Crippen molar-refractivity contribution >= 4 is 34.9 Å². The topological polar surface area (TPSA) is 89.7 Å². The molecule has 7 nitrogen and oxygen atoms in total. The van der Waals surface area contributed by atoms with E-state index >= 15 is 0 Å². The zero-order valence-corrected chi connectivity index (χ0v) is 14.3. The van der Waals surface area contributed by atoms with Gasteiger partial charge in [0.1, 0.15) is 0 Å². The molecule has 0 radical (unpaired) electrons. The number of anilines is 1. The van der Waals surface area contributed by atoms with Crippen LogP contribution in [0, 0.1) is 10.1 Å². The smallest absolute Gasteiger partial charge is 0.340 e. The molecule has 2 rings (SSSR count). The fourth-order valence-electron chi connectivity index (χ4n) is 2.11. The van der Waals surface area contributed by atoms with Crippen LogP contribution < -0.4 is 4.90 Å². The summed E-state index contributed by atoms with van der Waals surface area (Å²) in [6.45, 7) is 1.44. The molecule has 0 aromatic heterocycles. The number of carbonyl (C=O) groups excluding carboxylic acids is 2. The van der Waals surface area contributed by atoms with Gasteiger partial charge in [0.15, 0.2) is 6.10 Å². The summed E-state index contributed by atoms with van der Waals surface area (Å²) in [5, 5.41) is 10.6. The summed E-state index contributed by atoms with van der Waals surface area (Å²) < 4.78 is 5.14. The molecule has 0 bridgehead atoms. The van der Waals surface area contributed by atoms with Gasteiger partial charge < -0.3 is 9.64 Å². The van der Waals surface area contributed by atoms with Crippen LogP contribution in [0.25, 0.3) is 0 Å². The molecule has 1 atom stereocenters. The number of nitro groups is 1. The third-order valence-electron chi connectivity index (χ3n) is 3.49. The third kappa shape index (κ3) is 4.33. The number of ether oxygens (including phenoxy) is 1. The minimum absolute atomic E-state index is 0.0470. The summed E-state index contributed by atoms with van der Waals surface area (Å²) in [6, 6.07) is 12.3. The van der Waals surface area contributed by atoms with Crippen molar-refractivity contribution in [3.8, 4) is 0 Å². The zero-order chi connectivity index (χ0) is 18.6. The molecule has 0 heterocycles. The van der Waals surface area contributed by atoms with Gasteiger partial charge in [-0.2, -0.15) is 0 Å². The number of rotatable bonds is 5. The van der Waals surface area contributed by atoms with Gasteiger partial charge in [-0.25, -0.2) is 4.79 Å². The van der Waals surface area contributed by atoms with E-state index in [4.69, 9.17) is 16.3 Å². The first-order chi connectivity index (χ1) is 11.8. The van der Waals surface area contributed by atoms with Crippen molar-refractivity contribution in [2.24, 2.45) is 0 Å². The van der Waals surface area contributed by atoms with E-state index in [9.17, 15) is 19.7 Å². The number of amides is 1. The van der Waals surface area contributed by atoms with Gasteiger partial charge in [0, 0.05) is 24.9 Å². The number of para-hydroxylation sites is 1. The molecule has 0 unspecified atom stereocenters. The van der Waals surface area contributed by atoms with Crippen molar-refractivity contribution < 1.29 is 19.2 Å². The maximum atomic E-state index is 12.4. The number of nitrogens with zero attached hydrogens (tertiary/aromatic N) is 2. The second-order valence-corrected chi connectivity index (χ2v) is 5.61. The van der Waals surface area contributed by atoms with E-state index in [1.54, 1.807) is 31.3 Å². The van der Waals surface area contributed by atoms with Crippen LogP contribution >= 0.6 is 11.6 Å². The molecule has 0 saturated heterocycles. The van der Waals surface area contributed by atoms with Gasteiger partial charge in [0.25, 0.3) is 11.6 Å². The highest BCUT2D eigenvalue weighted by molar-refractivity contribution is 6.33. The van der Waals surface area contributed by atoms with Gasteiger partial charge >= 0.3 is 5.97 Å². The number of halogens is 1. The highest BCUT2D eigenvalue weighted by atomic mass is 35.5. The Bertz CT molecular complexity index is 810. The van der Waals surface area contributed by atoms with Crippen LogP contribution in [0.3, 0.4) is 0 Å². The van der Waals surface area contributed by atoms with Crippen molar-refractivity contribution in [2.45, 2.75) is 13.0 Å². The molecule has 2 aromatic carbocycles. The standard InChI is InChI=1S/C17H15ClN2O5/c1-11(16(21)19(2)12-6-4-3-5-7-12)25-17(22)14-9-8-13(20(23)24)10-15(14)18/h3-11H,1-2H3/t11-/m1/s1. The fraction of sp³-hybridized carbons (Fsp3) is 0.176. The average molecular weight is 363 g/mol. The van der Waals surface area contributed by atoms with Crippen LogP contribution in [0.1, 0.15) is 17.3 Å². The normalized spacial score (nSPS) is 11.5. The molecular weight excluding hydrogens is 348 g/mol. The predicted octanol–water partition coefficient (Wildman–Crippen LogP) is 3.46. The molecule has 1 amide bonds. The number of benzene rings is 2. The second-order valence-electron chi connectivity index (χ2n) is 5.20. The zero-order valence-electron chi connectivity index (χ0n) is 13.5. The summed E-state index contributed by atoms with van der Waals surface area (Å²) >= 11 is 5.89. The fourth-order valence-corrected chi connectivity index (χ4v) is 2.36. The number of carbonyl (C=O) groups is 2. The quantitative estimate of drug-likeness (QED) is 0.461. The van der Waals surface area contributed by atoms with E-state index in [0.717, 1.165) is 12.1 Å². The maximum absolute atomic E-state index is 12.4. The van der Waals surface area contributed by atoms with E-state index < -0.39 is 22.9 Å². The monoisotopic (exact) mass is 362 g/mol. The minimum Gasteiger partial charge on any atom is -0.449 e. The Labute approximate surface area is 148 Å². The van der Waals surface area contributed by atoms with Crippen molar-refractivity contribution in [3.05, 3.63) is 69.2 Å². The minimum atomic E-state index is -1.05. The summed E-state index contributed by atoms with van der Waals surface area (Å²) in [7, 11) is 1.57. The van der Waals surface area contributed by atoms with Crippen LogP contribution in [0.15, 0.2) is 48.5 Å². The molecule has 130 valence electrons. The Kier molecular flexibility index (Phi) is 5.71. The van der Waals surface area contributed by atoms with Crippen molar-refractivity contribution in [1.29, 1.82) is 0 Å². The molecule has 0 aliphatic carbocycles. The molecule has 2 aromatic rings. The van der Waals surface area contributed by atoms with Crippen molar-refractivity contribution in [1.82, 2.24) is 0 Å². The van der Waals surface area contributed by atoms with Gasteiger partial charge in [-0.15, -0.1) is 0 Å². The van der Waals surface area contributed by atoms with Gasteiger partial charge in [-0.1, -0.05) is 29.8 Å². The molecular formula is C17H15ClN2O5. The molecule has 0 aliphatic heterocycles. The Morgan fingerprint density at radius 2 is 1.84 bits per heavy atom. The number of likely N-dealkylation sites (N-methyl/N-ethyl adjacent to an activating group) is 1. The Balaban J connectivity index is 2.09. The Morgan fingerprint density at radius 3 is 2.40 bits per heavy atom. The number of nitro benzene ring substituents is 1. The van der Waals surface area contributed by atoms with Crippen LogP contribution in [0.2, 0.25) is 5.02 Å². The van der Waals surface area contributed by atoms with E-state index in [0.29, 0.717) is 5.69 Å². The van der Waals surface area contributed by atoms with Crippen molar-refractivity contribution in [2.75, 3.05) is 11.9 Å². The first kappa shape index (κ1) is 18.4. The highest BCUT2D eigenvalue weighted by Gasteiger charge is 2.24. The van der Waals surface area contributed by atoms with Gasteiger partial charge in [-0.3, -0.25) is 14.9 Å². The first-order valence-corrected chi connectivity index (χ1v) is 7.66. The van der Waals surface area contributed by atoms with E-state index in [1.807, 2.05) is 6.07 Å². The second kappa shape index (κ2) is 7.76. The highest BCUT2D eigenvalue weighted by Crippen LogP contribution is 2.23. The Morgan fingerprint density at radius 1 is 1.20 bits per heavy atom. The molecule has 25 heavy (non-hydrogen) atoms. The maximum Gasteiger partial charge on any atom is 0.340 e. The van der Waals surface area contributed by atoms with Crippen LogP contribution in [-0.4, -0.2) is 30.0 Å². The largest absolute Gasteiger partial charge is 0.449 e. The molecule has 0 spiro atoms. The first-order valence-electron chi connectivity index (χ1n) is 7.28. The molecule has 8 heteroatoms. The number of hydrogen-bond donors (Lipinski definition) is 0. The van der Waals surface area contributed by atoms with Crippen molar-refractivity contribution in [3.63, 3.8) is 0 Å². The van der Waals surface area contributed by atoms with Crippen LogP contribution in [-0.2, 0) is 9.53 Å².